The van der Waals surface area contributed by atoms with Crippen LogP contribution in [0, 0.1) is 11.3 Å². The molecular weight excluding hydrogens is 471 g/mol. The SMILES string of the molecule is CCS(=O)(=O)c1c(-n2ncc3ccc(C(F)(F)F)cc3c2=O)nc2cc(C3(C#N)CC3)ccn12. The van der Waals surface area contributed by atoms with Crippen molar-refractivity contribution < 1.29 is 21.6 Å². The lowest BCUT2D eigenvalue weighted by Crippen LogP contribution is -2.24. The first-order valence-corrected chi connectivity index (χ1v) is 11.9. The summed E-state index contributed by atoms with van der Waals surface area (Å²) >= 11 is 0. The van der Waals surface area contributed by atoms with Gasteiger partial charge >= 0.3 is 6.18 Å². The fraction of sp³-hybridized carbons (Fsp3) is 0.273. The lowest BCUT2D eigenvalue weighted by Gasteiger charge is -2.10. The molecule has 1 aliphatic rings. The fourth-order valence-electron chi connectivity index (χ4n) is 3.93. The average molecular weight is 487 g/mol. The first-order chi connectivity index (χ1) is 16.0. The molecule has 0 bridgehead atoms. The number of alkyl halides is 3. The lowest BCUT2D eigenvalue weighted by atomic mass is 9.99. The highest BCUT2D eigenvalue weighted by Crippen LogP contribution is 2.47. The standard InChI is InChI=1S/C22H16F3N5O3S/c1-2-34(32,33)20-18(28-17-10-14(5-8-29(17)20)21(12-26)6-7-21)30-19(31)16-9-15(22(23,24)25)4-3-13(16)11-27-30/h3-5,8-11H,2,6-7H2,1H3. The van der Waals surface area contributed by atoms with Gasteiger partial charge in [-0.15, -0.1) is 0 Å². The van der Waals surface area contributed by atoms with Crippen molar-refractivity contribution in [3.63, 3.8) is 0 Å². The Balaban J connectivity index is 1.81. The van der Waals surface area contributed by atoms with Crippen LogP contribution in [0.2, 0.25) is 0 Å². The van der Waals surface area contributed by atoms with Gasteiger partial charge in [-0.2, -0.15) is 28.2 Å². The van der Waals surface area contributed by atoms with Crippen LogP contribution in [0.15, 0.2) is 52.5 Å². The van der Waals surface area contributed by atoms with Gasteiger partial charge in [0, 0.05) is 11.6 Å². The van der Waals surface area contributed by atoms with Crippen LogP contribution in [0.1, 0.15) is 30.9 Å². The van der Waals surface area contributed by atoms with Crippen molar-refractivity contribution in [3.8, 4) is 11.9 Å². The Kier molecular flexibility index (Phi) is 4.64. The number of aromatic nitrogens is 4. The number of nitrogens with zero attached hydrogens (tertiary/aromatic N) is 5. The summed E-state index contributed by atoms with van der Waals surface area (Å²) in [5.74, 6) is -0.622. The summed E-state index contributed by atoms with van der Waals surface area (Å²) in [6.45, 7) is 1.42. The van der Waals surface area contributed by atoms with Gasteiger partial charge in [0.15, 0.2) is 20.7 Å². The van der Waals surface area contributed by atoms with E-state index in [1.54, 1.807) is 12.1 Å². The number of halogens is 3. The molecule has 0 atom stereocenters. The van der Waals surface area contributed by atoms with E-state index in [2.05, 4.69) is 16.2 Å². The summed E-state index contributed by atoms with van der Waals surface area (Å²) in [5.41, 5.74) is -1.74. The van der Waals surface area contributed by atoms with Gasteiger partial charge in [-0.05, 0) is 42.7 Å². The molecule has 0 amide bonds. The minimum absolute atomic E-state index is 0.171. The summed E-state index contributed by atoms with van der Waals surface area (Å²) in [4.78, 5) is 17.5. The molecule has 0 N–H and O–H groups in total. The predicted molar refractivity (Wildman–Crippen MR) is 115 cm³/mol. The molecule has 0 radical (unpaired) electrons. The highest BCUT2D eigenvalue weighted by atomic mass is 32.2. The Bertz CT molecular complexity index is 1690. The van der Waals surface area contributed by atoms with Crippen LogP contribution in [0.5, 0.6) is 0 Å². The van der Waals surface area contributed by atoms with Crippen LogP contribution in [0.3, 0.4) is 0 Å². The number of imidazole rings is 1. The van der Waals surface area contributed by atoms with E-state index in [-0.39, 0.29) is 33.0 Å². The van der Waals surface area contributed by atoms with Crippen LogP contribution in [-0.2, 0) is 21.4 Å². The topological polar surface area (TPSA) is 110 Å². The highest BCUT2D eigenvalue weighted by Gasteiger charge is 2.45. The van der Waals surface area contributed by atoms with E-state index >= 15 is 0 Å². The van der Waals surface area contributed by atoms with Crippen molar-refractivity contribution in [1.82, 2.24) is 19.2 Å². The Morgan fingerprint density at radius 2 is 1.94 bits per heavy atom. The number of nitriles is 1. The zero-order valence-electron chi connectivity index (χ0n) is 17.7. The van der Waals surface area contributed by atoms with Crippen molar-refractivity contribution in [2.24, 2.45) is 0 Å². The van der Waals surface area contributed by atoms with Gasteiger partial charge in [0.2, 0.25) is 0 Å². The molecule has 3 heterocycles. The van der Waals surface area contributed by atoms with Crippen LogP contribution in [0.25, 0.3) is 22.2 Å². The summed E-state index contributed by atoms with van der Waals surface area (Å²) in [6, 6.07) is 8.17. The summed E-state index contributed by atoms with van der Waals surface area (Å²) < 4.78 is 67.6. The first-order valence-electron chi connectivity index (χ1n) is 10.3. The van der Waals surface area contributed by atoms with Crippen LogP contribution < -0.4 is 5.56 Å². The van der Waals surface area contributed by atoms with Crippen LogP contribution in [-0.4, -0.2) is 33.3 Å². The highest BCUT2D eigenvalue weighted by molar-refractivity contribution is 7.91. The number of pyridine rings is 1. The number of fused-ring (bicyclic) bond motifs is 2. The summed E-state index contributed by atoms with van der Waals surface area (Å²) in [7, 11) is -3.94. The van der Waals surface area contributed by atoms with E-state index in [0.29, 0.717) is 29.2 Å². The van der Waals surface area contributed by atoms with Crippen LogP contribution >= 0.6 is 0 Å². The summed E-state index contributed by atoms with van der Waals surface area (Å²) in [6.07, 6.45) is -0.676. The zero-order chi connectivity index (χ0) is 24.5. The smallest absolute Gasteiger partial charge is 0.289 e. The Hall–Kier alpha value is -3.72. The molecule has 5 rings (SSSR count). The minimum atomic E-state index is -4.66. The Morgan fingerprint density at radius 1 is 1.21 bits per heavy atom. The Labute approximate surface area is 190 Å². The molecule has 1 saturated carbocycles. The van der Waals surface area contributed by atoms with Crippen molar-refractivity contribution in [2.45, 2.75) is 36.4 Å². The average Bonchev–Trinajstić information content (AvgIpc) is 3.51. The number of benzene rings is 1. The molecule has 1 aliphatic carbocycles. The van der Waals surface area contributed by atoms with Gasteiger partial charge in [-0.1, -0.05) is 13.0 Å². The van der Waals surface area contributed by atoms with Gasteiger partial charge in [0.1, 0.15) is 5.65 Å². The third-order valence-corrected chi connectivity index (χ3v) is 7.80. The molecule has 34 heavy (non-hydrogen) atoms. The van der Waals surface area contributed by atoms with E-state index in [1.165, 1.54) is 23.7 Å². The monoisotopic (exact) mass is 487 g/mol. The van der Waals surface area contributed by atoms with Crippen molar-refractivity contribution in [2.75, 3.05) is 5.75 Å². The Morgan fingerprint density at radius 3 is 2.56 bits per heavy atom. The quantitative estimate of drug-likeness (QED) is 0.436. The largest absolute Gasteiger partial charge is 0.416 e. The van der Waals surface area contributed by atoms with Gasteiger partial charge in [0.05, 0.1) is 34.4 Å². The fourth-order valence-corrected chi connectivity index (χ4v) is 5.07. The molecule has 8 nitrogen and oxygen atoms in total. The maximum Gasteiger partial charge on any atom is 0.416 e. The second kappa shape index (κ2) is 7.14. The lowest BCUT2D eigenvalue weighted by molar-refractivity contribution is -0.137. The van der Waals surface area contributed by atoms with Gasteiger partial charge < -0.3 is 0 Å². The van der Waals surface area contributed by atoms with Crippen molar-refractivity contribution in [1.29, 1.82) is 5.26 Å². The molecule has 1 aromatic carbocycles. The third kappa shape index (κ3) is 3.27. The molecule has 0 saturated heterocycles. The van der Waals surface area contributed by atoms with E-state index in [4.69, 9.17) is 0 Å². The number of sulfone groups is 1. The maximum absolute atomic E-state index is 13.2. The zero-order valence-corrected chi connectivity index (χ0v) is 18.5. The third-order valence-electron chi connectivity index (χ3n) is 6.07. The van der Waals surface area contributed by atoms with Gasteiger partial charge in [-0.3, -0.25) is 9.20 Å². The molecular formula is C22H16F3N5O3S. The second-order valence-corrected chi connectivity index (χ2v) is 10.3. The molecule has 12 heteroatoms. The number of hydrogen-bond acceptors (Lipinski definition) is 6. The molecule has 0 spiro atoms. The molecule has 3 aromatic heterocycles. The predicted octanol–water partition coefficient (Wildman–Crippen LogP) is 3.40. The van der Waals surface area contributed by atoms with E-state index in [9.17, 15) is 31.6 Å². The maximum atomic E-state index is 13.2. The first kappa shape index (κ1) is 22.1. The molecule has 174 valence electrons. The van der Waals surface area contributed by atoms with Crippen molar-refractivity contribution in [3.05, 3.63) is 64.2 Å². The van der Waals surface area contributed by atoms with E-state index in [1.807, 2.05) is 0 Å². The molecule has 4 aromatic rings. The molecule has 0 unspecified atom stereocenters. The van der Waals surface area contributed by atoms with Crippen LogP contribution in [0.4, 0.5) is 13.2 Å². The van der Waals surface area contributed by atoms with E-state index < -0.39 is 32.6 Å². The number of rotatable bonds is 4. The molecule has 0 aliphatic heterocycles. The van der Waals surface area contributed by atoms with E-state index in [0.717, 1.165) is 12.1 Å². The second-order valence-electron chi connectivity index (χ2n) is 8.14. The van der Waals surface area contributed by atoms with Gasteiger partial charge in [-0.25, -0.2) is 13.4 Å². The molecule has 1 fully saturated rings. The normalized spacial score (nSPS) is 15.5. The van der Waals surface area contributed by atoms with Gasteiger partial charge in [0.25, 0.3) is 5.56 Å². The summed E-state index contributed by atoms with van der Waals surface area (Å²) in [5, 5.41) is 13.1. The van der Waals surface area contributed by atoms with Crippen molar-refractivity contribution >= 4 is 26.3 Å². The minimum Gasteiger partial charge on any atom is -0.289 e. The number of hydrogen-bond donors (Lipinski definition) is 0.